The van der Waals surface area contributed by atoms with Crippen molar-refractivity contribution in [3.63, 3.8) is 0 Å². The van der Waals surface area contributed by atoms with Gasteiger partial charge in [0.15, 0.2) is 0 Å². The van der Waals surface area contributed by atoms with Gasteiger partial charge in [-0.15, -0.1) is 0 Å². The number of hydrogen-bond donors (Lipinski definition) is 1. The molecule has 5 heteroatoms. The summed E-state index contributed by atoms with van der Waals surface area (Å²) in [4.78, 5) is 11.4. The number of carbonyl (C=O) groups is 1. The average molecular weight is 285 g/mol. The summed E-state index contributed by atoms with van der Waals surface area (Å²) in [6, 6.07) is 1.98. The molecular weight excluding hydrogens is 264 g/mol. The Morgan fingerprint density at radius 2 is 2.00 bits per heavy atom. The minimum absolute atomic E-state index is 0.0976. The molecule has 0 aliphatic carbocycles. The molecule has 0 aliphatic rings. The van der Waals surface area contributed by atoms with Crippen molar-refractivity contribution in [2.24, 2.45) is 0 Å². The van der Waals surface area contributed by atoms with E-state index in [1.165, 1.54) is 6.07 Å². The van der Waals surface area contributed by atoms with E-state index in [0.717, 1.165) is 32.8 Å². The van der Waals surface area contributed by atoms with Gasteiger partial charge < -0.3 is 10.1 Å². The molecule has 1 atom stereocenters. The Balaban J connectivity index is 2.96. The van der Waals surface area contributed by atoms with Gasteiger partial charge in [-0.2, -0.15) is 0 Å². The number of halogens is 2. The Morgan fingerprint density at radius 3 is 2.55 bits per heavy atom. The summed E-state index contributed by atoms with van der Waals surface area (Å²) in [5.74, 6) is -2.43. The predicted octanol–water partition coefficient (Wildman–Crippen LogP) is 4.13. The van der Waals surface area contributed by atoms with Gasteiger partial charge in [-0.25, -0.2) is 13.6 Å². The topological polar surface area (TPSA) is 38.3 Å². The highest BCUT2D eigenvalue weighted by atomic mass is 19.1. The molecule has 0 aromatic heterocycles. The zero-order valence-electron chi connectivity index (χ0n) is 12.1. The SMILES string of the molecule is CCCCC(CC)Nc1cc(C(=O)OC)c(F)cc1F. The molecule has 0 aliphatic heterocycles. The number of rotatable bonds is 7. The Labute approximate surface area is 118 Å². The number of unbranched alkanes of at least 4 members (excludes halogenated alkanes) is 1. The standard InChI is InChI=1S/C15H21F2NO2/c1-4-6-7-10(5-2)18-14-8-11(15(19)20-3)12(16)9-13(14)17/h8-10,18H,4-7H2,1-3H3. The second kappa shape index (κ2) is 7.82. The molecule has 0 saturated heterocycles. The highest BCUT2D eigenvalue weighted by Gasteiger charge is 2.18. The molecule has 0 amide bonds. The number of carbonyl (C=O) groups excluding carboxylic acids is 1. The molecule has 20 heavy (non-hydrogen) atoms. The molecule has 0 heterocycles. The number of ether oxygens (including phenoxy) is 1. The van der Waals surface area contributed by atoms with E-state index >= 15 is 0 Å². The summed E-state index contributed by atoms with van der Waals surface area (Å²) in [6.45, 7) is 4.08. The van der Waals surface area contributed by atoms with Crippen LogP contribution in [0.2, 0.25) is 0 Å². The lowest BCUT2D eigenvalue weighted by Gasteiger charge is -2.19. The van der Waals surface area contributed by atoms with Crippen LogP contribution in [0, 0.1) is 11.6 Å². The largest absolute Gasteiger partial charge is 0.465 e. The van der Waals surface area contributed by atoms with Gasteiger partial charge in [-0.05, 0) is 18.9 Å². The van der Waals surface area contributed by atoms with Crippen LogP contribution in [-0.4, -0.2) is 19.1 Å². The van der Waals surface area contributed by atoms with Gasteiger partial charge in [-0.3, -0.25) is 0 Å². The molecule has 1 unspecified atom stereocenters. The fraction of sp³-hybridized carbons (Fsp3) is 0.533. The molecule has 0 radical (unpaired) electrons. The lowest BCUT2D eigenvalue weighted by molar-refractivity contribution is 0.0595. The molecule has 0 saturated carbocycles. The summed E-state index contributed by atoms with van der Waals surface area (Å²) in [6.07, 6.45) is 3.80. The first-order valence-corrected chi connectivity index (χ1v) is 6.87. The Hall–Kier alpha value is -1.65. The fourth-order valence-corrected chi connectivity index (χ4v) is 1.97. The number of esters is 1. The number of nitrogens with one attached hydrogen (secondary N) is 1. The highest BCUT2D eigenvalue weighted by Crippen LogP contribution is 2.22. The maximum atomic E-state index is 13.8. The van der Waals surface area contributed by atoms with Crippen LogP contribution in [0.25, 0.3) is 0 Å². The third-order valence-corrected chi connectivity index (χ3v) is 3.22. The van der Waals surface area contributed by atoms with Crippen molar-refractivity contribution in [2.75, 3.05) is 12.4 Å². The maximum absolute atomic E-state index is 13.8. The molecule has 112 valence electrons. The van der Waals surface area contributed by atoms with Gasteiger partial charge in [0.2, 0.25) is 0 Å². The van der Waals surface area contributed by atoms with Gasteiger partial charge >= 0.3 is 5.97 Å². The minimum Gasteiger partial charge on any atom is -0.465 e. The van der Waals surface area contributed by atoms with Crippen molar-refractivity contribution in [1.82, 2.24) is 0 Å². The van der Waals surface area contributed by atoms with Crippen molar-refractivity contribution in [1.29, 1.82) is 0 Å². The van der Waals surface area contributed by atoms with E-state index in [1.54, 1.807) is 0 Å². The molecule has 1 rings (SSSR count). The molecule has 1 aromatic carbocycles. The first-order chi connectivity index (χ1) is 9.53. The monoisotopic (exact) mass is 285 g/mol. The van der Waals surface area contributed by atoms with Crippen LogP contribution in [0.1, 0.15) is 49.9 Å². The van der Waals surface area contributed by atoms with E-state index < -0.39 is 17.6 Å². The third-order valence-electron chi connectivity index (χ3n) is 3.22. The van der Waals surface area contributed by atoms with Crippen molar-refractivity contribution < 1.29 is 18.3 Å². The number of methoxy groups -OCH3 is 1. The summed E-state index contributed by atoms with van der Waals surface area (Å²) in [7, 11) is 1.16. The Morgan fingerprint density at radius 1 is 1.30 bits per heavy atom. The van der Waals surface area contributed by atoms with Crippen LogP contribution in [0.5, 0.6) is 0 Å². The van der Waals surface area contributed by atoms with E-state index in [1.807, 2.05) is 6.92 Å². The summed E-state index contributed by atoms with van der Waals surface area (Å²) >= 11 is 0. The van der Waals surface area contributed by atoms with Crippen LogP contribution in [-0.2, 0) is 4.74 Å². The van der Waals surface area contributed by atoms with Crippen LogP contribution in [0.4, 0.5) is 14.5 Å². The van der Waals surface area contributed by atoms with Gasteiger partial charge in [0, 0.05) is 12.1 Å². The van der Waals surface area contributed by atoms with Gasteiger partial charge in [-0.1, -0.05) is 26.7 Å². The van der Waals surface area contributed by atoms with Gasteiger partial charge in [0.1, 0.15) is 11.6 Å². The van der Waals surface area contributed by atoms with Crippen molar-refractivity contribution in [3.05, 3.63) is 29.3 Å². The van der Waals surface area contributed by atoms with Crippen LogP contribution >= 0.6 is 0 Å². The van der Waals surface area contributed by atoms with E-state index in [4.69, 9.17) is 0 Å². The first kappa shape index (κ1) is 16.4. The molecular formula is C15H21F2NO2. The molecule has 0 spiro atoms. The second-order valence-electron chi connectivity index (χ2n) is 4.70. The number of anilines is 1. The number of hydrogen-bond acceptors (Lipinski definition) is 3. The van der Waals surface area contributed by atoms with Gasteiger partial charge in [0.05, 0.1) is 18.4 Å². The van der Waals surface area contributed by atoms with E-state index in [2.05, 4.69) is 17.0 Å². The lowest BCUT2D eigenvalue weighted by Crippen LogP contribution is -2.20. The predicted molar refractivity (Wildman–Crippen MR) is 74.9 cm³/mol. The van der Waals surface area contributed by atoms with Crippen molar-refractivity contribution in [3.8, 4) is 0 Å². The third kappa shape index (κ3) is 4.18. The maximum Gasteiger partial charge on any atom is 0.340 e. The Bertz CT molecular complexity index is 463. The molecule has 0 fully saturated rings. The van der Waals surface area contributed by atoms with Crippen LogP contribution < -0.4 is 5.32 Å². The lowest BCUT2D eigenvalue weighted by atomic mass is 10.1. The van der Waals surface area contributed by atoms with Gasteiger partial charge in [0.25, 0.3) is 0 Å². The molecule has 1 N–H and O–H groups in total. The van der Waals surface area contributed by atoms with E-state index in [0.29, 0.717) is 6.07 Å². The molecule has 3 nitrogen and oxygen atoms in total. The quantitative estimate of drug-likeness (QED) is 0.765. The van der Waals surface area contributed by atoms with Crippen LogP contribution in [0.3, 0.4) is 0 Å². The summed E-state index contributed by atoms with van der Waals surface area (Å²) in [5, 5.41) is 3.03. The Kier molecular flexibility index (Phi) is 6.42. The van der Waals surface area contributed by atoms with Crippen molar-refractivity contribution in [2.45, 2.75) is 45.6 Å². The number of benzene rings is 1. The van der Waals surface area contributed by atoms with Crippen LogP contribution in [0.15, 0.2) is 12.1 Å². The van der Waals surface area contributed by atoms with E-state index in [-0.39, 0.29) is 17.3 Å². The molecule has 0 bridgehead atoms. The normalized spacial score (nSPS) is 12.1. The average Bonchev–Trinajstić information content (AvgIpc) is 2.44. The molecule has 1 aromatic rings. The fourth-order valence-electron chi connectivity index (χ4n) is 1.97. The zero-order chi connectivity index (χ0) is 15.1. The summed E-state index contributed by atoms with van der Waals surface area (Å²) < 4.78 is 31.8. The summed E-state index contributed by atoms with van der Waals surface area (Å²) in [5.41, 5.74) is -0.128. The smallest absolute Gasteiger partial charge is 0.340 e. The highest BCUT2D eigenvalue weighted by molar-refractivity contribution is 5.90. The minimum atomic E-state index is -0.915. The first-order valence-electron chi connectivity index (χ1n) is 6.87. The van der Waals surface area contributed by atoms with E-state index in [9.17, 15) is 13.6 Å². The second-order valence-corrected chi connectivity index (χ2v) is 4.70. The zero-order valence-corrected chi connectivity index (χ0v) is 12.1. The van der Waals surface area contributed by atoms with Crippen molar-refractivity contribution >= 4 is 11.7 Å².